The van der Waals surface area contributed by atoms with E-state index in [1.165, 1.54) is 0 Å². The Balaban J connectivity index is 2.73. The molecule has 0 saturated heterocycles. The summed E-state index contributed by atoms with van der Waals surface area (Å²) in [5, 5.41) is 11.9. The topological polar surface area (TPSA) is 69.0 Å². The number of aryl methyl sites for hydroxylation is 1. The second-order valence-electron chi connectivity index (χ2n) is 4.99. The third kappa shape index (κ3) is 4.59. The maximum absolute atomic E-state index is 11.8. The van der Waals surface area contributed by atoms with Gasteiger partial charge in [-0.3, -0.25) is 4.79 Å². The highest BCUT2D eigenvalue weighted by atomic mass is 16.2. The Kier molecular flexibility index (Phi) is 5.31. The van der Waals surface area contributed by atoms with E-state index in [1.54, 1.807) is 24.1 Å². The summed E-state index contributed by atoms with van der Waals surface area (Å²) in [6.45, 7) is 6.79. The fraction of sp³-hybridized carbons (Fsp3) is 0.500. The number of hydrogen-bond donors (Lipinski definition) is 1. The predicted molar refractivity (Wildman–Crippen MR) is 74.8 cm³/mol. The predicted octanol–water partition coefficient (Wildman–Crippen LogP) is 1.47. The van der Waals surface area contributed by atoms with Crippen LogP contribution in [0.3, 0.4) is 0 Å². The molecule has 0 fully saturated rings. The van der Waals surface area contributed by atoms with Crippen molar-refractivity contribution >= 4 is 11.7 Å². The summed E-state index contributed by atoms with van der Waals surface area (Å²) in [6, 6.07) is 5.60. The molecule has 0 radical (unpaired) electrons. The van der Waals surface area contributed by atoms with Gasteiger partial charge < -0.3 is 10.2 Å². The Labute approximate surface area is 114 Å². The Bertz CT molecular complexity index is 491. The molecule has 1 N–H and O–H groups in total. The summed E-state index contributed by atoms with van der Waals surface area (Å²) in [5.41, 5.74) is 1.30. The number of nitrogens with zero attached hydrogens (tertiary/aromatic N) is 3. The molecule has 0 saturated carbocycles. The first-order valence-corrected chi connectivity index (χ1v) is 6.29. The summed E-state index contributed by atoms with van der Waals surface area (Å²) < 4.78 is 0. The lowest BCUT2D eigenvalue weighted by Gasteiger charge is -2.19. The van der Waals surface area contributed by atoms with Gasteiger partial charge in [-0.25, -0.2) is 4.98 Å². The zero-order valence-electron chi connectivity index (χ0n) is 11.9. The van der Waals surface area contributed by atoms with E-state index in [4.69, 9.17) is 5.26 Å². The van der Waals surface area contributed by atoms with Crippen molar-refractivity contribution < 1.29 is 4.79 Å². The zero-order valence-corrected chi connectivity index (χ0v) is 11.9. The highest BCUT2D eigenvalue weighted by Crippen LogP contribution is 2.15. The van der Waals surface area contributed by atoms with Crippen molar-refractivity contribution in [1.82, 2.24) is 10.3 Å². The van der Waals surface area contributed by atoms with Gasteiger partial charge in [-0.2, -0.15) is 5.26 Å². The van der Waals surface area contributed by atoms with Gasteiger partial charge in [-0.15, -0.1) is 0 Å². The van der Waals surface area contributed by atoms with Crippen molar-refractivity contribution in [3.8, 4) is 6.07 Å². The van der Waals surface area contributed by atoms with Gasteiger partial charge in [-0.1, -0.05) is 13.8 Å². The van der Waals surface area contributed by atoms with Crippen LogP contribution in [-0.2, 0) is 4.79 Å². The van der Waals surface area contributed by atoms with Crippen LogP contribution in [0.2, 0.25) is 0 Å². The lowest BCUT2D eigenvalue weighted by atomic mass is 10.2. The van der Waals surface area contributed by atoms with Crippen LogP contribution in [0.5, 0.6) is 0 Å². The molecular formula is C14H20N4O. The third-order valence-electron chi connectivity index (χ3n) is 2.58. The molecule has 5 heteroatoms. The van der Waals surface area contributed by atoms with Crippen molar-refractivity contribution in [2.45, 2.75) is 20.8 Å². The number of nitrogens with one attached hydrogen (secondary N) is 1. The lowest BCUT2D eigenvalue weighted by molar-refractivity contribution is -0.119. The van der Waals surface area contributed by atoms with Crippen LogP contribution in [0.15, 0.2) is 12.1 Å². The lowest BCUT2D eigenvalue weighted by Crippen LogP contribution is -2.37. The van der Waals surface area contributed by atoms with E-state index in [9.17, 15) is 4.79 Å². The van der Waals surface area contributed by atoms with Crippen molar-refractivity contribution in [3.63, 3.8) is 0 Å². The minimum Gasteiger partial charge on any atom is -0.354 e. The first kappa shape index (κ1) is 15.0. The summed E-state index contributed by atoms with van der Waals surface area (Å²) in [6.07, 6.45) is 0. The van der Waals surface area contributed by atoms with E-state index in [-0.39, 0.29) is 12.5 Å². The zero-order chi connectivity index (χ0) is 14.4. The summed E-state index contributed by atoms with van der Waals surface area (Å²) in [4.78, 5) is 17.8. The van der Waals surface area contributed by atoms with Crippen molar-refractivity contribution in [3.05, 3.63) is 23.4 Å². The van der Waals surface area contributed by atoms with Gasteiger partial charge in [0.25, 0.3) is 0 Å². The SMILES string of the molecule is Cc1ccc(C#N)c(N(C)CC(=O)NCC(C)C)n1. The van der Waals surface area contributed by atoms with Gasteiger partial charge in [0.15, 0.2) is 0 Å². The highest BCUT2D eigenvalue weighted by Gasteiger charge is 2.13. The monoisotopic (exact) mass is 260 g/mol. The molecule has 1 amide bonds. The molecule has 0 aromatic carbocycles. The van der Waals surface area contributed by atoms with Crippen LogP contribution in [0.4, 0.5) is 5.82 Å². The number of aromatic nitrogens is 1. The third-order valence-corrected chi connectivity index (χ3v) is 2.58. The van der Waals surface area contributed by atoms with Gasteiger partial charge in [0, 0.05) is 19.3 Å². The Morgan fingerprint density at radius 1 is 1.53 bits per heavy atom. The van der Waals surface area contributed by atoms with E-state index in [0.29, 0.717) is 23.8 Å². The van der Waals surface area contributed by atoms with Crippen LogP contribution in [-0.4, -0.2) is 31.0 Å². The van der Waals surface area contributed by atoms with Crippen LogP contribution in [0, 0.1) is 24.2 Å². The quantitative estimate of drug-likeness (QED) is 0.870. The van der Waals surface area contributed by atoms with E-state index in [2.05, 4.69) is 16.4 Å². The number of nitriles is 1. The van der Waals surface area contributed by atoms with E-state index < -0.39 is 0 Å². The number of rotatable bonds is 5. The maximum atomic E-state index is 11.8. The first-order chi connectivity index (χ1) is 8.93. The molecular weight excluding hydrogens is 240 g/mol. The molecule has 19 heavy (non-hydrogen) atoms. The number of carbonyl (C=O) groups is 1. The molecule has 0 spiro atoms. The van der Waals surface area contributed by atoms with Gasteiger partial charge in [-0.05, 0) is 25.0 Å². The molecule has 0 aliphatic carbocycles. The average Bonchev–Trinajstić information content (AvgIpc) is 2.36. The summed E-state index contributed by atoms with van der Waals surface area (Å²) in [5.74, 6) is 0.895. The molecule has 0 aliphatic rings. The summed E-state index contributed by atoms with van der Waals surface area (Å²) in [7, 11) is 1.76. The van der Waals surface area contributed by atoms with Gasteiger partial charge in [0.05, 0.1) is 12.1 Å². The normalized spacial score (nSPS) is 10.1. The smallest absolute Gasteiger partial charge is 0.239 e. The molecule has 0 bridgehead atoms. The Morgan fingerprint density at radius 3 is 2.79 bits per heavy atom. The molecule has 5 nitrogen and oxygen atoms in total. The van der Waals surface area contributed by atoms with Crippen molar-refractivity contribution in [2.75, 3.05) is 25.0 Å². The standard InChI is InChI=1S/C14H20N4O/c1-10(2)8-16-13(19)9-18(4)14-12(7-15)6-5-11(3)17-14/h5-6,10H,8-9H2,1-4H3,(H,16,19). The second kappa shape index (κ2) is 6.74. The second-order valence-corrected chi connectivity index (χ2v) is 4.99. The highest BCUT2D eigenvalue weighted by molar-refractivity contribution is 5.81. The maximum Gasteiger partial charge on any atom is 0.239 e. The molecule has 1 aromatic rings. The fourth-order valence-corrected chi connectivity index (χ4v) is 1.59. The molecule has 0 unspecified atom stereocenters. The number of carbonyl (C=O) groups excluding carboxylic acids is 1. The first-order valence-electron chi connectivity index (χ1n) is 6.29. The van der Waals surface area contributed by atoms with Crippen LogP contribution >= 0.6 is 0 Å². The largest absolute Gasteiger partial charge is 0.354 e. The van der Waals surface area contributed by atoms with Crippen LogP contribution in [0.25, 0.3) is 0 Å². The number of anilines is 1. The number of amides is 1. The summed E-state index contributed by atoms with van der Waals surface area (Å²) >= 11 is 0. The minimum atomic E-state index is -0.0663. The van der Waals surface area contributed by atoms with Crippen molar-refractivity contribution in [2.24, 2.45) is 5.92 Å². The van der Waals surface area contributed by atoms with Crippen molar-refractivity contribution in [1.29, 1.82) is 5.26 Å². The molecule has 1 rings (SSSR count). The number of pyridine rings is 1. The number of likely N-dealkylation sites (N-methyl/N-ethyl adjacent to an activating group) is 1. The molecule has 0 aliphatic heterocycles. The van der Waals surface area contributed by atoms with Gasteiger partial charge in [0.1, 0.15) is 11.9 Å². The molecule has 0 atom stereocenters. The average molecular weight is 260 g/mol. The van der Waals surface area contributed by atoms with Crippen LogP contribution < -0.4 is 10.2 Å². The number of hydrogen-bond acceptors (Lipinski definition) is 4. The Morgan fingerprint density at radius 2 is 2.21 bits per heavy atom. The minimum absolute atomic E-state index is 0.0663. The van der Waals surface area contributed by atoms with Gasteiger partial charge in [0.2, 0.25) is 5.91 Å². The molecule has 102 valence electrons. The van der Waals surface area contributed by atoms with E-state index in [0.717, 1.165) is 5.69 Å². The molecule has 1 aromatic heterocycles. The van der Waals surface area contributed by atoms with E-state index in [1.807, 2.05) is 20.8 Å². The van der Waals surface area contributed by atoms with E-state index >= 15 is 0 Å². The Hall–Kier alpha value is -2.09. The van der Waals surface area contributed by atoms with Crippen LogP contribution in [0.1, 0.15) is 25.1 Å². The molecule has 1 heterocycles. The van der Waals surface area contributed by atoms with Gasteiger partial charge >= 0.3 is 0 Å². The fourth-order valence-electron chi connectivity index (χ4n) is 1.59.